The first kappa shape index (κ1) is 31.0. The van der Waals surface area contributed by atoms with Gasteiger partial charge in [-0.15, -0.1) is 0 Å². The standard InChI is InChI=1S/C30H38F4N6O3/c1-6-24(41)39-12-18(4)40(13-17(39)3)28-20-15-42-23(25-26(30(32,33)34)16(2)10-21(35)27(25)31)11-22(20)36-29(37-28)43-14-19-8-7-9-38(19)5/h6,10,17-19,23H,1,7-9,11-15,35H2,2-5H3/t17-,18+,19-,23?/m0/s1. The second-order valence-electron chi connectivity index (χ2n) is 11.8. The van der Waals surface area contributed by atoms with Crippen molar-refractivity contribution >= 4 is 17.4 Å². The maximum atomic E-state index is 15.3. The average Bonchev–Trinajstić information content (AvgIpc) is 3.37. The fourth-order valence-electron chi connectivity index (χ4n) is 6.45. The summed E-state index contributed by atoms with van der Waals surface area (Å²) in [6.45, 7) is 10.8. The number of amides is 1. The number of likely N-dealkylation sites (N-methyl/N-ethyl adjacent to an activating group) is 1. The van der Waals surface area contributed by atoms with E-state index in [4.69, 9.17) is 20.2 Å². The Bertz CT molecular complexity index is 1400. The monoisotopic (exact) mass is 606 g/mol. The van der Waals surface area contributed by atoms with Crippen molar-refractivity contribution in [3.63, 3.8) is 0 Å². The molecule has 0 spiro atoms. The molecule has 0 aliphatic carbocycles. The Balaban J connectivity index is 1.54. The minimum atomic E-state index is -4.82. The van der Waals surface area contributed by atoms with Gasteiger partial charge < -0.3 is 29.9 Å². The number of likely N-dealkylation sites (tertiary alicyclic amines) is 1. The molecule has 0 saturated carbocycles. The lowest BCUT2D eigenvalue weighted by Gasteiger charge is -2.45. The van der Waals surface area contributed by atoms with E-state index in [0.717, 1.165) is 25.5 Å². The minimum Gasteiger partial charge on any atom is -0.462 e. The van der Waals surface area contributed by atoms with E-state index in [9.17, 15) is 18.0 Å². The van der Waals surface area contributed by atoms with E-state index in [0.29, 0.717) is 36.8 Å². The van der Waals surface area contributed by atoms with E-state index in [1.54, 1.807) is 4.90 Å². The van der Waals surface area contributed by atoms with Crippen LogP contribution in [-0.2, 0) is 28.7 Å². The summed E-state index contributed by atoms with van der Waals surface area (Å²) in [6.07, 6.45) is -2.92. The van der Waals surface area contributed by atoms with Gasteiger partial charge in [0.25, 0.3) is 0 Å². The molecule has 1 unspecified atom stereocenters. The first-order valence-electron chi connectivity index (χ1n) is 14.5. The predicted molar refractivity (Wildman–Crippen MR) is 153 cm³/mol. The van der Waals surface area contributed by atoms with Gasteiger partial charge in [0.15, 0.2) is 5.82 Å². The molecule has 4 heterocycles. The summed E-state index contributed by atoms with van der Waals surface area (Å²) in [5, 5.41) is 0. The van der Waals surface area contributed by atoms with E-state index < -0.39 is 29.2 Å². The van der Waals surface area contributed by atoms with Gasteiger partial charge in [-0.1, -0.05) is 6.58 Å². The summed E-state index contributed by atoms with van der Waals surface area (Å²) in [5.74, 6) is -0.782. The van der Waals surface area contributed by atoms with Crippen LogP contribution in [0, 0.1) is 12.7 Å². The van der Waals surface area contributed by atoms with Gasteiger partial charge in [0, 0.05) is 48.8 Å². The summed E-state index contributed by atoms with van der Waals surface area (Å²) in [4.78, 5) is 27.8. The van der Waals surface area contributed by atoms with Crippen LogP contribution >= 0.6 is 0 Å². The molecule has 2 saturated heterocycles. The highest BCUT2D eigenvalue weighted by molar-refractivity contribution is 5.87. The Morgan fingerprint density at radius 1 is 1.26 bits per heavy atom. The number of halogens is 4. The van der Waals surface area contributed by atoms with Gasteiger partial charge in [-0.2, -0.15) is 23.1 Å². The van der Waals surface area contributed by atoms with Gasteiger partial charge in [0.1, 0.15) is 12.4 Å². The smallest absolute Gasteiger partial charge is 0.417 e. The molecule has 1 aromatic carbocycles. The second-order valence-corrected chi connectivity index (χ2v) is 11.8. The van der Waals surface area contributed by atoms with Crippen molar-refractivity contribution in [2.75, 3.05) is 43.9 Å². The molecule has 234 valence electrons. The quantitative estimate of drug-likeness (QED) is 0.293. The third kappa shape index (κ3) is 6.01. The number of fused-ring (bicyclic) bond motifs is 1. The maximum absolute atomic E-state index is 15.3. The Hall–Kier alpha value is -3.45. The predicted octanol–water partition coefficient (Wildman–Crippen LogP) is 4.42. The molecule has 4 atom stereocenters. The van der Waals surface area contributed by atoms with Crippen molar-refractivity contribution in [1.82, 2.24) is 19.8 Å². The summed E-state index contributed by atoms with van der Waals surface area (Å²) < 4.78 is 69.9. The van der Waals surface area contributed by atoms with Gasteiger partial charge in [-0.25, -0.2) is 4.39 Å². The number of anilines is 2. The minimum absolute atomic E-state index is 0.0967. The third-order valence-corrected chi connectivity index (χ3v) is 8.78. The molecular weight excluding hydrogens is 568 g/mol. The molecular formula is C30H38F4N6O3. The van der Waals surface area contributed by atoms with Crippen molar-refractivity contribution < 1.29 is 31.8 Å². The summed E-state index contributed by atoms with van der Waals surface area (Å²) >= 11 is 0. The van der Waals surface area contributed by atoms with E-state index in [2.05, 4.69) is 16.5 Å². The molecule has 43 heavy (non-hydrogen) atoms. The van der Waals surface area contributed by atoms with Crippen LogP contribution in [0.2, 0.25) is 0 Å². The first-order valence-corrected chi connectivity index (χ1v) is 14.5. The van der Waals surface area contributed by atoms with Crippen LogP contribution in [0.1, 0.15) is 60.7 Å². The second kappa shape index (κ2) is 11.9. The molecule has 5 rings (SSSR count). The molecule has 9 nitrogen and oxygen atoms in total. The molecule has 2 N–H and O–H groups in total. The largest absolute Gasteiger partial charge is 0.462 e. The van der Waals surface area contributed by atoms with E-state index in [1.807, 2.05) is 25.8 Å². The molecule has 0 radical (unpaired) electrons. The molecule has 0 bridgehead atoms. The lowest BCUT2D eigenvalue weighted by molar-refractivity contribution is -0.140. The van der Waals surface area contributed by atoms with Crippen molar-refractivity contribution in [3.05, 3.63) is 52.5 Å². The fourth-order valence-corrected chi connectivity index (χ4v) is 6.45. The van der Waals surface area contributed by atoms with E-state index in [1.165, 1.54) is 13.0 Å². The number of hydrogen-bond donors (Lipinski definition) is 1. The van der Waals surface area contributed by atoms with E-state index >= 15 is 4.39 Å². The number of nitrogen functional groups attached to an aromatic ring is 1. The van der Waals surface area contributed by atoms with Crippen molar-refractivity contribution in [2.45, 2.75) is 77.0 Å². The topological polar surface area (TPSA) is 97.0 Å². The maximum Gasteiger partial charge on any atom is 0.417 e. The third-order valence-electron chi connectivity index (χ3n) is 8.78. The van der Waals surface area contributed by atoms with Crippen LogP contribution in [0.5, 0.6) is 6.01 Å². The lowest BCUT2D eigenvalue weighted by atomic mass is 9.91. The number of carbonyl (C=O) groups excluding carboxylic acids is 1. The number of nitrogens with two attached hydrogens (primary N) is 1. The number of carbonyl (C=O) groups is 1. The number of hydrogen-bond acceptors (Lipinski definition) is 8. The number of rotatable bonds is 6. The van der Waals surface area contributed by atoms with Crippen molar-refractivity contribution in [3.8, 4) is 6.01 Å². The highest BCUT2D eigenvalue weighted by Crippen LogP contribution is 2.44. The van der Waals surface area contributed by atoms with Crippen LogP contribution < -0.4 is 15.4 Å². The Morgan fingerprint density at radius 3 is 2.65 bits per heavy atom. The van der Waals surface area contributed by atoms with Crippen LogP contribution in [0.3, 0.4) is 0 Å². The zero-order chi connectivity index (χ0) is 31.2. The molecule has 2 fully saturated rings. The summed E-state index contributed by atoms with van der Waals surface area (Å²) in [7, 11) is 2.02. The molecule has 3 aliphatic rings. The molecule has 2 aromatic rings. The van der Waals surface area contributed by atoms with E-state index in [-0.39, 0.29) is 54.3 Å². The zero-order valence-corrected chi connectivity index (χ0v) is 24.9. The van der Waals surface area contributed by atoms with Crippen LogP contribution in [0.25, 0.3) is 0 Å². The van der Waals surface area contributed by atoms with Gasteiger partial charge in [0.05, 0.1) is 29.7 Å². The molecule has 13 heteroatoms. The lowest BCUT2D eigenvalue weighted by Crippen LogP contribution is -2.58. The number of ether oxygens (including phenoxy) is 2. The first-order chi connectivity index (χ1) is 20.3. The number of aromatic nitrogens is 2. The molecule has 3 aliphatic heterocycles. The Kier molecular flexibility index (Phi) is 8.59. The number of aryl methyl sites for hydroxylation is 1. The fraction of sp³-hybridized carbons (Fsp3) is 0.567. The summed E-state index contributed by atoms with van der Waals surface area (Å²) in [6, 6.07) is 0.949. The Labute approximate surface area is 248 Å². The SMILES string of the molecule is C=CC(=O)N1C[C@@H](C)N(c2nc(OC[C@@H]3CCCN3C)nc3c2COC(c2c(F)c(N)cc(C)c2C(F)(F)F)C3)C[C@@H]1C. The number of alkyl halides is 3. The van der Waals surface area contributed by atoms with Gasteiger partial charge in [-0.05, 0) is 64.9 Å². The number of piperazine rings is 1. The molecule has 1 aromatic heterocycles. The van der Waals surface area contributed by atoms with Gasteiger partial charge >= 0.3 is 12.2 Å². The highest BCUT2D eigenvalue weighted by Gasteiger charge is 2.42. The van der Waals surface area contributed by atoms with Crippen LogP contribution in [0.4, 0.5) is 29.1 Å². The molecule has 1 amide bonds. The Morgan fingerprint density at radius 2 is 2.00 bits per heavy atom. The normalized spacial score (nSPS) is 24.7. The average molecular weight is 607 g/mol. The highest BCUT2D eigenvalue weighted by atomic mass is 19.4. The van der Waals surface area contributed by atoms with Crippen molar-refractivity contribution in [1.29, 1.82) is 0 Å². The van der Waals surface area contributed by atoms with Gasteiger partial charge in [0.2, 0.25) is 5.91 Å². The van der Waals surface area contributed by atoms with Gasteiger partial charge in [-0.3, -0.25) is 4.79 Å². The van der Waals surface area contributed by atoms with Crippen molar-refractivity contribution in [2.24, 2.45) is 0 Å². The van der Waals surface area contributed by atoms with Crippen LogP contribution in [-0.4, -0.2) is 77.1 Å². The number of nitrogens with zero attached hydrogens (tertiary/aromatic N) is 5. The van der Waals surface area contributed by atoms with Crippen LogP contribution in [0.15, 0.2) is 18.7 Å². The number of benzene rings is 1. The zero-order valence-electron chi connectivity index (χ0n) is 24.9. The summed E-state index contributed by atoms with van der Waals surface area (Å²) in [5.41, 5.74) is 4.52.